The fraction of sp³-hybridized carbons (Fsp3) is 0.375. The molecule has 40 heavy (non-hydrogen) atoms. The van der Waals surface area contributed by atoms with E-state index in [2.05, 4.69) is 59.4 Å². The number of unbranched alkanes of at least 4 members (excludes halogenated alkanes) is 1. The molecule has 3 aromatic rings. The van der Waals surface area contributed by atoms with E-state index in [0.717, 1.165) is 12.8 Å². The largest absolute Gasteiger partial charge is 0.506 e. The van der Waals surface area contributed by atoms with Crippen LogP contribution in [0.25, 0.3) is 11.1 Å². The summed E-state index contributed by atoms with van der Waals surface area (Å²) < 4.78 is 11.1. The summed E-state index contributed by atoms with van der Waals surface area (Å²) in [7, 11) is 3.08. The Labute approximate surface area is 235 Å². The minimum Gasteiger partial charge on any atom is -0.506 e. The lowest BCUT2D eigenvalue weighted by Crippen LogP contribution is -2.22. The number of hydrogen-bond donors (Lipinski definition) is 2. The minimum absolute atomic E-state index is 0.0392. The maximum atomic E-state index is 13.0. The zero-order chi connectivity index (χ0) is 29.1. The first-order chi connectivity index (χ1) is 19.3. The average molecular weight is 546 g/mol. The number of nitrogens with zero attached hydrogens (tertiary/aromatic N) is 2. The van der Waals surface area contributed by atoms with Crippen molar-refractivity contribution in [3.63, 3.8) is 0 Å². The number of pyridine rings is 1. The van der Waals surface area contributed by atoms with E-state index in [0.29, 0.717) is 46.2 Å². The van der Waals surface area contributed by atoms with E-state index < -0.39 is 5.56 Å². The van der Waals surface area contributed by atoms with Crippen molar-refractivity contribution in [2.75, 3.05) is 14.2 Å². The molecule has 0 radical (unpaired) electrons. The number of aromatic hydroxyl groups is 1. The molecule has 2 aromatic carbocycles. The summed E-state index contributed by atoms with van der Waals surface area (Å²) in [5.41, 5.74) is 3.53. The Hall–Kier alpha value is -4.20. The Bertz CT molecular complexity index is 1400. The smallest absolute Gasteiger partial charge is 0.261 e. The number of aryl methyl sites for hydroxylation is 2. The van der Waals surface area contributed by atoms with Gasteiger partial charge in [0.05, 0.1) is 36.8 Å². The highest BCUT2D eigenvalue weighted by molar-refractivity contribution is 6.19. The predicted octanol–water partition coefficient (Wildman–Crippen LogP) is 6.27. The van der Waals surface area contributed by atoms with Crippen LogP contribution in [0.15, 0.2) is 63.5 Å². The number of H-pyrrole nitrogens is 1. The molecule has 0 amide bonds. The molecule has 1 aliphatic rings. The first-order valence-corrected chi connectivity index (χ1v) is 13.7. The van der Waals surface area contributed by atoms with Gasteiger partial charge in [0.25, 0.3) is 5.56 Å². The molecule has 0 atom stereocenters. The van der Waals surface area contributed by atoms with Crippen LogP contribution in [0, 0.1) is 0 Å². The highest BCUT2D eigenvalue weighted by atomic mass is 16.5. The first kappa shape index (κ1) is 30.3. The van der Waals surface area contributed by atoms with Crippen molar-refractivity contribution in [1.29, 1.82) is 0 Å². The summed E-state index contributed by atoms with van der Waals surface area (Å²) in [6.45, 7) is 5.73. The van der Waals surface area contributed by atoms with Gasteiger partial charge in [-0.05, 0) is 43.9 Å². The number of hydrogen-bond acceptors (Lipinski definition) is 7. The Morgan fingerprint density at radius 3 is 2.15 bits per heavy atom. The van der Waals surface area contributed by atoms with E-state index in [4.69, 9.17) is 9.47 Å². The second kappa shape index (κ2) is 14.8. The third-order valence-electron chi connectivity index (χ3n) is 6.53. The number of nitrogens with one attached hydrogen (secondary N) is 1. The quantitative estimate of drug-likeness (QED) is 0.295. The van der Waals surface area contributed by atoms with Gasteiger partial charge in [0.1, 0.15) is 28.6 Å². The van der Waals surface area contributed by atoms with Crippen molar-refractivity contribution in [3.8, 4) is 28.4 Å². The number of methoxy groups -OCH3 is 2. The van der Waals surface area contributed by atoms with Crippen LogP contribution in [-0.4, -0.2) is 41.5 Å². The maximum absolute atomic E-state index is 13.0. The second-order valence-corrected chi connectivity index (χ2v) is 9.68. The highest BCUT2D eigenvalue weighted by Crippen LogP contribution is 2.45. The highest BCUT2D eigenvalue weighted by Gasteiger charge is 2.28. The van der Waals surface area contributed by atoms with Crippen molar-refractivity contribution < 1.29 is 19.4 Å². The number of carbonyl (C=O) groups is 1. The van der Waals surface area contributed by atoms with Crippen LogP contribution in [0.1, 0.15) is 69.7 Å². The Morgan fingerprint density at radius 2 is 1.57 bits per heavy atom. The molecule has 0 bridgehead atoms. The fourth-order valence-electron chi connectivity index (χ4n) is 4.67. The number of ketones is 1. The Balaban J connectivity index is 0.000000415. The van der Waals surface area contributed by atoms with Crippen LogP contribution in [-0.2, 0) is 17.6 Å². The maximum Gasteiger partial charge on any atom is 0.261 e. The lowest BCUT2D eigenvalue weighted by Gasteiger charge is -2.19. The van der Waals surface area contributed by atoms with E-state index in [9.17, 15) is 14.7 Å². The molecule has 4 rings (SSSR count). The predicted molar refractivity (Wildman–Crippen MR) is 160 cm³/mol. The first-order valence-electron chi connectivity index (χ1n) is 13.7. The van der Waals surface area contributed by atoms with Crippen molar-refractivity contribution in [2.45, 2.75) is 65.7 Å². The van der Waals surface area contributed by atoms with Gasteiger partial charge in [0.2, 0.25) is 0 Å². The normalized spacial score (nSPS) is 12.2. The SMILES string of the molecule is CCCCc1[nH]c(=O)c(C2=NN=C(CC(C)=O)C2)c(O)c1-c1c(OC)cccc1OC.CCCc1ccccc1. The average Bonchev–Trinajstić information content (AvgIpc) is 3.39. The van der Waals surface area contributed by atoms with Crippen molar-refractivity contribution in [2.24, 2.45) is 10.2 Å². The molecular formula is C32H39N3O5. The number of aromatic amines is 1. The zero-order valence-corrected chi connectivity index (χ0v) is 24.0. The molecule has 0 fully saturated rings. The molecular weight excluding hydrogens is 506 g/mol. The molecule has 0 saturated carbocycles. The summed E-state index contributed by atoms with van der Waals surface area (Å²) in [5.74, 6) is 0.776. The monoisotopic (exact) mass is 545 g/mol. The molecule has 0 saturated heterocycles. The molecule has 2 N–H and O–H groups in total. The molecule has 0 unspecified atom stereocenters. The van der Waals surface area contributed by atoms with Crippen LogP contribution in [0.3, 0.4) is 0 Å². The third kappa shape index (κ3) is 7.46. The van der Waals surface area contributed by atoms with E-state index in [1.165, 1.54) is 39.5 Å². The standard InChI is InChI=1S/C23H27N3O5.C9H12/c1-5-6-8-15-19(21-17(30-3)9-7-10-18(21)31-4)22(28)20(23(29)24-15)16-12-14(25-26-16)11-13(2)27;1-2-6-9-7-4-3-5-8-9/h7,9-10H,5-6,8,11-12H2,1-4H3,(H2,24,28,29);3-5,7-8H,2,6H2,1H3. The molecule has 2 heterocycles. The molecule has 8 heteroatoms. The van der Waals surface area contributed by atoms with Crippen LogP contribution >= 0.6 is 0 Å². The number of benzene rings is 2. The molecule has 8 nitrogen and oxygen atoms in total. The summed E-state index contributed by atoms with van der Waals surface area (Å²) in [4.78, 5) is 27.3. The van der Waals surface area contributed by atoms with E-state index in [1.54, 1.807) is 18.2 Å². The van der Waals surface area contributed by atoms with Crippen LogP contribution < -0.4 is 15.0 Å². The number of ether oxygens (including phenoxy) is 2. The summed E-state index contributed by atoms with van der Waals surface area (Å²) in [6, 6.07) is 15.9. The van der Waals surface area contributed by atoms with Crippen LogP contribution in [0.2, 0.25) is 0 Å². The van der Waals surface area contributed by atoms with Gasteiger partial charge in [-0.1, -0.05) is 63.1 Å². The van der Waals surface area contributed by atoms with Crippen LogP contribution in [0.5, 0.6) is 17.2 Å². The molecule has 1 aliphatic heterocycles. The third-order valence-corrected chi connectivity index (χ3v) is 6.53. The summed E-state index contributed by atoms with van der Waals surface area (Å²) in [5, 5.41) is 19.5. The van der Waals surface area contributed by atoms with Gasteiger partial charge in [-0.2, -0.15) is 10.2 Å². The number of Topliss-reactive ketones (excluding diaryl/α,β-unsaturated/α-hetero) is 1. The summed E-state index contributed by atoms with van der Waals surface area (Å²) in [6.07, 6.45) is 5.15. The van der Waals surface area contributed by atoms with Gasteiger partial charge >= 0.3 is 0 Å². The lowest BCUT2D eigenvalue weighted by atomic mass is 9.93. The van der Waals surface area contributed by atoms with Gasteiger partial charge in [-0.3, -0.25) is 9.59 Å². The number of carbonyl (C=O) groups excluding carboxylic acids is 1. The van der Waals surface area contributed by atoms with Crippen molar-refractivity contribution >= 4 is 17.2 Å². The molecule has 0 spiro atoms. The van der Waals surface area contributed by atoms with Crippen LogP contribution in [0.4, 0.5) is 0 Å². The molecule has 1 aromatic heterocycles. The number of rotatable bonds is 11. The van der Waals surface area contributed by atoms with Crippen molar-refractivity contribution in [1.82, 2.24) is 4.98 Å². The lowest BCUT2D eigenvalue weighted by molar-refractivity contribution is -0.115. The minimum atomic E-state index is -0.445. The molecule has 0 aliphatic carbocycles. The van der Waals surface area contributed by atoms with E-state index in [-0.39, 0.29) is 29.9 Å². The fourth-order valence-corrected chi connectivity index (χ4v) is 4.67. The Morgan fingerprint density at radius 1 is 0.900 bits per heavy atom. The van der Waals surface area contributed by atoms with Gasteiger partial charge in [0.15, 0.2) is 0 Å². The number of aromatic nitrogens is 1. The molecule has 212 valence electrons. The van der Waals surface area contributed by atoms with Gasteiger partial charge in [0, 0.05) is 18.5 Å². The van der Waals surface area contributed by atoms with Gasteiger partial charge in [-0.15, -0.1) is 0 Å². The summed E-state index contributed by atoms with van der Waals surface area (Å²) >= 11 is 0. The van der Waals surface area contributed by atoms with E-state index >= 15 is 0 Å². The van der Waals surface area contributed by atoms with Gasteiger partial charge < -0.3 is 19.6 Å². The topological polar surface area (TPSA) is 113 Å². The second-order valence-electron chi connectivity index (χ2n) is 9.68. The van der Waals surface area contributed by atoms with E-state index in [1.807, 2.05) is 0 Å². The van der Waals surface area contributed by atoms with Gasteiger partial charge in [-0.25, -0.2) is 0 Å². The Kier molecular flexibility index (Phi) is 11.2. The van der Waals surface area contributed by atoms with Crippen molar-refractivity contribution in [3.05, 3.63) is 75.7 Å². The zero-order valence-electron chi connectivity index (χ0n) is 24.0.